The Balaban J connectivity index is 4.21. The van der Waals surface area contributed by atoms with E-state index in [0.717, 1.165) is 122 Å². The number of carbonyl (C=O) groups excluding carboxylic acids is 3. The molecule has 0 aliphatic rings. The first-order valence-corrected chi connectivity index (χ1v) is 32.2. The van der Waals surface area contributed by atoms with Gasteiger partial charge in [0.2, 0.25) is 0 Å². The van der Waals surface area contributed by atoms with Gasteiger partial charge in [-0.05, 0) is 96.3 Å². The number of esters is 3. The predicted molar refractivity (Wildman–Crippen MR) is 330 cm³/mol. The van der Waals surface area contributed by atoms with Gasteiger partial charge in [-0.1, -0.05) is 291 Å². The molecule has 1 unspecified atom stereocenters. The molecule has 0 aromatic heterocycles. The molecule has 0 saturated heterocycles. The predicted octanol–water partition coefficient (Wildman–Crippen LogP) is 22.0. The number of carbonyl (C=O) groups is 3. The average molecular weight is 1060 g/mol. The third-order valence-corrected chi connectivity index (χ3v) is 13.8. The first kappa shape index (κ1) is 72.3. The van der Waals surface area contributed by atoms with Crippen LogP contribution in [0.2, 0.25) is 0 Å². The largest absolute Gasteiger partial charge is 0.462 e. The molecule has 436 valence electrons. The summed E-state index contributed by atoms with van der Waals surface area (Å²) in [4.78, 5) is 38.2. The highest BCUT2D eigenvalue weighted by atomic mass is 16.6. The van der Waals surface area contributed by atoms with Crippen LogP contribution in [0.5, 0.6) is 0 Å². The average Bonchev–Trinajstić information content (AvgIpc) is 3.42. The van der Waals surface area contributed by atoms with E-state index in [-0.39, 0.29) is 31.1 Å². The lowest BCUT2D eigenvalue weighted by atomic mass is 10.0. The van der Waals surface area contributed by atoms with E-state index >= 15 is 0 Å². The summed E-state index contributed by atoms with van der Waals surface area (Å²) in [5, 5.41) is 0. The lowest BCUT2D eigenvalue weighted by Gasteiger charge is -2.18. The number of allylic oxidation sites excluding steroid dienone is 16. The van der Waals surface area contributed by atoms with Crippen molar-refractivity contribution in [2.24, 2.45) is 0 Å². The van der Waals surface area contributed by atoms with Gasteiger partial charge in [0.25, 0.3) is 0 Å². The fraction of sp³-hybridized carbons (Fsp3) is 0.729. The quantitative estimate of drug-likeness (QED) is 0.0261. The molecule has 0 bridgehead atoms. The molecule has 0 rings (SSSR count). The zero-order chi connectivity index (χ0) is 55.0. The summed E-state index contributed by atoms with van der Waals surface area (Å²) in [6.07, 6.45) is 85.7. The number of hydrogen-bond donors (Lipinski definition) is 0. The fourth-order valence-corrected chi connectivity index (χ4v) is 9.02. The van der Waals surface area contributed by atoms with Crippen LogP contribution in [0.15, 0.2) is 97.2 Å². The molecule has 6 heteroatoms. The van der Waals surface area contributed by atoms with Gasteiger partial charge < -0.3 is 14.2 Å². The first-order chi connectivity index (χ1) is 37.5. The summed E-state index contributed by atoms with van der Waals surface area (Å²) >= 11 is 0. The van der Waals surface area contributed by atoms with E-state index in [9.17, 15) is 14.4 Å². The van der Waals surface area contributed by atoms with Crippen molar-refractivity contribution in [3.05, 3.63) is 97.2 Å². The Morgan fingerprint density at radius 1 is 0.276 bits per heavy atom. The molecule has 76 heavy (non-hydrogen) atoms. The molecule has 0 radical (unpaired) electrons. The third kappa shape index (κ3) is 61.2. The highest BCUT2D eigenvalue weighted by Crippen LogP contribution is 2.17. The maximum atomic E-state index is 12.9. The van der Waals surface area contributed by atoms with Crippen molar-refractivity contribution in [3.8, 4) is 0 Å². The van der Waals surface area contributed by atoms with Gasteiger partial charge in [-0.25, -0.2) is 0 Å². The van der Waals surface area contributed by atoms with E-state index in [1.54, 1.807) is 0 Å². The zero-order valence-corrected chi connectivity index (χ0v) is 50.0. The summed E-state index contributed by atoms with van der Waals surface area (Å²) in [5.74, 6) is -0.886. The van der Waals surface area contributed by atoms with Crippen LogP contribution in [0.25, 0.3) is 0 Å². The Morgan fingerprint density at radius 3 is 0.868 bits per heavy atom. The summed E-state index contributed by atoms with van der Waals surface area (Å²) in [7, 11) is 0. The highest BCUT2D eigenvalue weighted by Gasteiger charge is 2.19. The maximum Gasteiger partial charge on any atom is 0.306 e. The fourth-order valence-electron chi connectivity index (χ4n) is 9.02. The summed E-state index contributed by atoms with van der Waals surface area (Å²) < 4.78 is 16.9. The second kappa shape index (κ2) is 63.9. The van der Waals surface area contributed by atoms with Crippen molar-refractivity contribution in [1.82, 2.24) is 0 Å². The Kier molecular flexibility index (Phi) is 60.8. The van der Waals surface area contributed by atoms with E-state index < -0.39 is 6.10 Å². The molecule has 0 aliphatic heterocycles. The Hall–Kier alpha value is -3.67. The van der Waals surface area contributed by atoms with Crippen LogP contribution in [0.3, 0.4) is 0 Å². The highest BCUT2D eigenvalue weighted by molar-refractivity contribution is 5.71. The molecule has 6 nitrogen and oxygen atoms in total. The van der Waals surface area contributed by atoms with Crippen LogP contribution in [0.4, 0.5) is 0 Å². The normalized spacial score (nSPS) is 12.7. The van der Waals surface area contributed by atoms with Crippen LogP contribution < -0.4 is 0 Å². The standard InChI is InChI=1S/C70H120O6/c1-4-7-10-13-16-19-22-24-26-28-29-30-31-32-33-34-35-36-37-38-39-40-41-43-44-46-48-51-54-57-60-63-69(72)75-66-67(65-74-68(71)62-59-56-53-50-21-18-15-12-9-6-3)76-70(73)64-61-58-55-52-49-47-45-42-27-25-23-20-17-14-11-8-5-2/h7,10,12,15-16,19,24,26,29-30,32-33,35-36,38-39,67H,4-6,8-9,11,13-14,17-18,20-23,25,27-28,31,34,37,40-66H2,1-3H3/b10-7-,15-12-,19-16-,26-24-,30-29-,33-32-,36-35-,39-38-. The van der Waals surface area contributed by atoms with Crippen LogP contribution in [0.1, 0.15) is 310 Å². The minimum absolute atomic E-state index is 0.0805. The maximum absolute atomic E-state index is 12.9. The molecule has 0 aliphatic carbocycles. The molecule has 0 spiro atoms. The van der Waals surface area contributed by atoms with Crippen molar-refractivity contribution >= 4 is 17.9 Å². The summed E-state index contributed by atoms with van der Waals surface area (Å²) in [6.45, 7) is 6.48. The van der Waals surface area contributed by atoms with Gasteiger partial charge >= 0.3 is 17.9 Å². The van der Waals surface area contributed by atoms with Gasteiger partial charge in [0.05, 0.1) is 0 Å². The second-order valence-corrected chi connectivity index (χ2v) is 21.3. The topological polar surface area (TPSA) is 78.9 Å². The van der Waals surface area contributed by atoms with E-state index in [2.05, 4.69) is 118 Å². The van der Waals surface area contributed by atoms with Gasteiger partial charge in [0.1, 0.15) is 13.2 Å². The Bertz CT molecular complexity index is 1490. The number of ether oxygens (including phenoxy) is 3. The van der Waals surface area contributed by atoms with Crippen molar-refractivity contribution in [3.63, 3.8) is 0 Å². The summed E-state index contributed by atoms with van der Waals surface area (Å²) in [6, 6.07) is 0. The lowest BCUT2D eigenvalue weighted by molar-refractivity contribution is -0.167. The number of unbranched alkanes of at least 4 members (excludes halogenated alkanes) is 31. The molecule has 0 heterocycles. The molecule has 0 aromatic carbocycles. The molecular weight excluding hydrogens is 937 g/mol. The zero-order valence-electron chi connectivity index (χ0n) is 50.0. The van der Waals surface area contributed by atoms with Crippen LogP contribution in [0, 0.1) is 0 Å². The third-order valence-electron chi connectivity index (χ3n) is 13.8. The molecule has 0 aromatic rings. The van der Waals surface area contributed by atoms with Gasteiger partial charge in [-0.3, -0.25) is 14.4 Å². The van der Waals surface area contributed by atoms with Crippen molar-refractivity contribution in [2.75, 3.05) is 13.2 Å². The van der Waals surface area contributed by atoms with Gasteiger partial charge in [0.15, 0.2) is 6.10 Å². The minimum atomic E-state index is -0.781. The Labute approximate surface area is 470 Å². The van der Waals surface area contributed by atoms with Gasteiger partial charge in [0, 0.05) is 19.3 Å². The summed E-state index contributed by atoms with van der Waals surface area (Å²) in [5.41, 5.74) is 0. The van der Waals surface area contributed by atoms with Gasteiger partial charge in [-0.15, -0.1) is 0 Å². The molecule has 0 amide bonds. The van der Waals surface area contributed by atoms with E-state index in [0.29, 0.717) is 19.3 Å². The van der Waals surface area contributed by atoms with Crippen molar-refractivity contribution in [1.29, 1.82) is 0 Å². The van der Waals surface area contributed by atoms with E-state index in [1.807, 2.05) is 0 Å². The minimum Gasteiger partial charge on any atom is -0.462 e. The number of hydrogen-bond acceptors (Lipinski definition) is 6. The molecule has 1 atom stereocenters. The second-order valence-electron chi connectivity index (χ2n) is 21.3. The van der Waals surface area contributed by atoms with Gasteiger partial charge in [-0.2, -0.15) is 0 Å². The number of rotatable bonds is 58. The molecule has 0 fully saturated rings. The monoisotopic (exact) mass is 1060 g/mol. The van der Waals surface area contributed by atoms with Crippen molar-refractivity contribution < 1.29 is 28.6 Å². The van der Waals surface area contributed by atoms with E-state index in [4.69, 9.17) is 14.2 Å². The SMILES string of the molecule is CC/C=C\C/C=C\C/C=C\C/C=C\C/C=C\C/C=C\C/C=C\CCCCCCCCCCCC(=O)OCC(COC(=O)CCCCCCC/C=C\CCC)OC(=O)CCCCCCCCCCCCCCCCCCC. The smallest absolute Gasteiger partial charge is 0.306 e. The van der Waals surface area contributed by atoms with Crippen LogP contribution in [-0.4, -0.2) is 37.2 Å². The molecular formula is C70H120O6. The lowest BCUT2D eigenvalue weighted by Crippen LogP contribution is -2.30. The van der Waals surface area contributed by atoms with Crippen LogP contribution in [-0.2, 0) is 28.6 Å². The van der Waals surface area contributed by atoms with Crippen molar-refractivity contribution in [2.45, 2.75) is 316 Å². The molecule has 0 saturated carbocycles. The van der Waals surface area contributed by atoms with E-state index in [1.165, 1.54) is 148 Å². The Morgan fingerprint density at radius 2 is 0.539 bits per heavy atom. The molecule has 0 N–H and O–H groups in total. The van der Waals surface area contributed by atoms with Crippen LogP contribution >= 0.6 is 0 Å². The first-order valence-electron chi connectivity index (χ1n) is 32.2.